The second-order valence-corrected chi connectivity index (χ2v) is 6.58. The third-order valence-corrected chi connectivity index (χ3v) is 3.73. The molecule has 0 heterocycles. The first-order chi connectivity index (χ1) is 9.77. The fourth-order valence-electron chi connectivity index (χ4n) is 2.09. The lowest BCUT2D eigenvalue weighted by atomic mass is 9.86. The van der Waals surface area contributed by atoms with E-state index in [4.69, 9.17) is 11.6 Å². The number of hydrogen-bond acceptors (Lipinski definition) is 1. The second kappa shape index (κ2) is 5.98. The van der Waals surface area contributed by atoms with Crippen molar-refractivity contribution in [1.29, 1.82) is 0 Å². The van der Waals surface area contributed by atoms with Crippen LogP contribution in [-0.2, 0) is 11.8 Å². The third-order valence-electron chi connectivity index (χ3n) is 3.42. The average Bonchev–Trinajstić information content (AvgIpc) is 2.42. The zero-order chi connectivity index (χ0) is 15.6. The van der Waals surface area contributed by atoms with Crippen molar-refractivity contribution in [3.8, 4) is 0 Å². The summed E-state index contributed by atoms with van der Waals surface area (Å²) in [5, 5.41) is 0.0701. The number of Topliss-reactive ketones (excluding diaryl/α,β-unsaturated/α-hetero) is 1. The predicted molar refractivity (Wildman–Crippen MR) is 84.6 cm³/mol. The van der Waals surface area contributed by atoms with E-state index in [0.717, 1.165) is 0 Å². The molecule has 0 saturated heterocycles. The monoisotopic (exact) mass is 304 g/mol. The van der Waals surface area contributed by atoms with E-state index in [9.17, 15) is 9.18 Å². The van der Waals surface area contributed by atoms with Crippen LogP contribution in [0.15, 0.2) is 42.5 Å². The number of halogens is 2. The molecule has 0 fully saturated rings. The van der Waals surface area contributed by atoms with E-state index in [1.54, 1.807) is 6.07 Å². The molecule has 3 heteroatoms. The van der Waals surface area contributed by atoms with Gasteiger partial charge >= 0.3 is 0 Å². The quantitative estimate of drug-likeness (QED) is 0.712. The van der Waals surface area contributed by atoms with Crippen LogP contribution in [0.5, 0.6) is 0 Å². The molecule has 21 heavy (non-hydrogen) atoms. The van der Waals surface area contributed by atoms with Crippen LogP contribution in [0.3, 0.4) is 0 Å². The fourth-order valence-corrected chi connectivity index (χ4v) is 2.21. The van der Waals surface area contributed by atoms with Crippen LogP contribution in [0.2, 0.25) is 5.02 Å². The van der Waals surface area contributed by atoms with Gasteiger partial charge in [-0.05, 0) is 28.7 Å². The van der Waals surface area contributed by atoms with E-state index in [0.29, 0.717) is 11.1 Å². The summed E-state index contributed by atoms with van der Waals surface area (Å²) in [5.74, 6) is -0.526. The van der Waals surface area contributed by atoms with Gasteiger partial charge in [0.15, 0.2) is 5.78 Å². The number of ketones is 1. The number of hydrogen-bond donors (Lipinski definition) is 0. The molecule has 0 atom stereocenters. The topological polar surface area (TPSA) is 17.1 Å². The molecule has 0 saturated carbocycles. The van der Waals surface area contributed by atoms with Crippen molar-refractivity contribution in [3.63, 3.8) is 0 Å². The van der Waals surface area contributed by atoms with Crippen LogP contribution in [0.4, 0.5) is 4.39 Å². The Balaban J connectivity index is 2.15. The fraction of sp³-hybridized carbons (Fsp3) is 0.278. The van der Waals surface area contributed by atoms with E-state index in [1.807, 2.05) is 24.3 Å². The first kappa shape index (κ1) is 15.7. The van der Waals surface area contributed by atoms with Gasteiger partial charge < -0.3 is 0 Å². The van der Waals surface area contributed by atoms with Crippen LogP contribution in [0.1, 0.15) is 42.3 Å². The van der Waals surface area contributed by atoms with Crippen molar-refractivity contribution in [1.82, 2.24) is 0 Å². The molecule has 0 spiro atoms. The largest absolute Gasteiger partial charge is 0.294 e. The average molecular weight is 305 g/mol. The van der Waals surface area contributed by atoms with Gasteiger partial charge in [0.25, 0.3) is 0 Å². The molecule has 0 aromatic heterocycles. The molecule has 2 aromatic carbocycles. The van der Waals surface area contributed by atoms with Gasteiger partial charge in [0, 0.05) is 12.0 Å². The molecule has 2 aromatic rings. The van der Waals surface area contributed by atoms with Crippen LogP contribution < -0.4 is 0 Å². The van der Waals surface area contributed by atoms with Crippen LogP contribution >= 0.6 is 11.6 Å². The Labute approximate surface area is 129 Å². The highest BCUT2D eigenvalue weighted by Crippen LogP contribution is 2.23. The van der Waals surface area contributed by atoms with Gasteiger partial charge in [-0.15, -0.1) is 0 Å². The van der Waals surface area contributed by atoms with Crippen LogP contribution in [-0.4, -0.2) is 5.78 Å². The van der Waals surface area contributed by atoms with Crippen molar-refractivity contribution >= 4 is 17.4 Å². The Kier molecular flexibility index (Phi) is 4.48. The van der Waals surface area contributed by atoms with Crippen LogP contribution in [0.25, 0.3) is 0 Å². The summed E-state index contributed by atoms with van der Waals surface area (Å²) < 4.78 is 13.4. The minimum absolute atomic E-state index is 0.0304. The summed E-state index contributed by atoms with van der Waals surface area (Å²) in [4.78, 5) is 12.2. The Bertz CT molecular complexity index is 654. The number of carbonyl (C=O) groups excluding carboxylic acids is 1. The number of benzene rings is 2. The first-order valence-corrected chi connectivity index (χ1v) is 7.23. The van der Waals surface area contributed by atoms with E-state index >= 15 is 0 Å². The zero-order valence-electron chi connectivity index (χ0n) is 12.4. The molecule has 0 bridgehead atoms. The first-order valence-electron chi connectivity index (χ1n) is 6.85. The molecule has 0 amide bonds. The predicted octanol–water partition coefficient (Wildman–Crippen LogP) is 5.20. The summed E-state index contributed by atoms with van der Waals surface area (Å²) in [5.41, 5.74) is 2.50. The lowest BCUT2D eigenvalue weighted by Crippen LogP contribution is -2.11. The van der Waals surface area contributed by atoms with Gasteiger partial charge in [-0.1, -0.05) is 62.7 Å². The maximum atomic E-state index is 13.4. The van der Waals surface area contributed by atoms with Crippen molar-refractivity contribution in [2.24, 2.45) is 0 Å². The second-order valence-electron chi connectivity index (χ2n) is 6.18. The summed E-state index contributed by atoms with van der Waals surface area (Å²) in [6, 6.07) is 12.1. The molecule has 0 radical (unpaired) electrons. The normalized spacial score (nSPS) is 11.5. The molecular weight excluding hydrogens is 287 g/mol. The Morgan fingerprint density at radius 1 is 1.10 bits per heavy atom. The lowest BCUT2D eigenvalue weighted by molar-refractivity contribution is 0.0993. The maximum absolute atomic E-state index is 13.4. The maximum Gasteiger partial charge on any atom is 0.167 e. The highest BCUT2D eigenvalue weighted by molar-refractivity contribution is 6.30. The van der Waals surface area contributed by atoms with E-state index in [2.05, 4.69) is 20.8 Å². The molecule has 0 unspecified atom stereocenters. The van der Waals surface area contributed by atoms with Crippen molar-refractivity contribution in [3.05, 3.63) is 70.0 Å². The van der Waals surface area contributed by atoms with Gasteiger partial charge in [0.2, 0.25) is 0 Å². The van der Waals surface area contributed by atoms with Crippen molar-refractivity contribution in [2.45, 2.75) is 32.6 Å². The van der Waals surface area contributed by atoms with Crippen LogP contribution in [0, 0.1) is 5.82 Å². The molecular formula is C18H18ClFO. The van der Waals surface area contributed by atoms with Gasteiger partial charge in [0.05, 0.1) is 5.02 Å². The summed E-state index contributed by atoms with van der Waals surface area (Å²) in [6.45, 7) is 6.38. The van der Waals surface area contributed by atoms with E-state index in [1.165, 1.54) is 17.7 Å². The molecule has 0 aliphatic carbocycles. The Morgan fingerprint density at radius 2 is 1.71 bits per heavy atom. The minimum Gasteiger partial charge on any atom is -0.294 e. The minimum atomic E-state index is -0.495. The molecule has 2 rings (SSSR count). The van der Waals surface area contributed by atoms with Gasteiger partial charge in [-0.3, -0.25) is 4.79 Å². The summed E-state index contributed by atoms with van der Waals surface area (Å²) in [6.07, 6.45) is 0.170. The Hall–Kier alpha value is -1.67. The number of carbonyl (C=O) groups is 1. The van der Waals surface area contributed by atoms with Crippen molar-refractivity contribution in [2.75, 3.05) is 0 Å². The molecule has 0 N–H and O–H groups in total. The van der Waals surface area contributed by atoms with E-state index in [-0.39, 0.29) is 22.6 Å². The van der Waals surface area contributed by atoms with Gasteiger partial charge in [-0.25, -0.2) is 4.39 Å². The van der Waals surface area contributed by atoms with Gasteiger partial charge in [0.1, 0.15) is 5.82 Å². The smallest absolute Gasteiger partial charge is 0.167 e. The highest BCUT2D eigenvalue weighted by Gasteiger charge is 2.14. The molecule has 1 nitrogen and oxygen atoms in total. The Morgan fingerprint density at radius 3 is 2.24 bits per heavy atom. The molecule has 0 aliphatic rings. The summed E-state index contributed by atoms with van der Waals surface area (Å²) in [7, 11) is 0. The highest BCUT2D eigenvalue weighted by atomic mass is 35.5. The lowest BCUT2D eigenvalue weighted by Gasteiger charge is -2.19. The third kappa shape index (κ3) is 3.92. The van der Waals surface area contributed by atoms with E-state index < -0.39 is 5.82 Å². The molecule has 110 valence electrons. The summed E-state index contributed by atoms with van der Waals surface area (Å²) >= 11 is 5.63. The standard InChI is InChI=1S/C18H18ClFO/c1-18(2,3)14-7-5-13(6-8-14)17(21)11-12-4-9-15(19)16(20)10-12/h4-10H,11H2,1-3H3. The van der Waals surface area contributed by atoms with Gasteiger partial charge in [-0.2, -0.15) is 0 Å². The zero-order valence-corrected chi connectivity index (χ0v) is 13.2. The van der Waals surface area contributed by atoms with Crippen molar-refractivity contribution < 1.29 is 9.18 Å². The molecule has 0 aliphatic heterocycles. The number of rotatable bonds is 3. The SMILES string of the molecule is CC(C)(C)c1ccc(C(=O)Cc2ccc(Cl)c(F)c2)cc1.